The lowest BCUT2D eigenvalue weighted by Gasteiger charge is -2.38. The van der Waals surface area contributed by atoms with Crippen LogP contribution in [0.25, 0.3) is 0 Å². The van der Waals surface area contributed by atoms with E-state index < -0.39 is 62.4 Å². The summed E-state index contributed by atoms with van der Waals surface area (Å²) in [6.45, 7) is 4.14. The van der Waals surface area contributed by atoms with Crippen LogP contribution in [0.5, 0.6) is 0 Å². The normalized spacial score (nSPS) is 18.7. The van der Waals surface area contributed by atoms with E-state index in [-0.39, 0.29) is 11.6 Å². The summed E-state index contributed by atoms with van der Waals surface area (Å²) in [4.78, 5) is 14.2. The Morgan fingerprint density at radius 3 is 2.31 bits per heavy atom. The second kappa shape index (κ2) is 10.3. The third-order valence-electron chi connectivity index (χ3n) is 6.40. The smallest absolute Gasteiger partial charge is 0.414 e. The first-order valence-corrected chi connectivity index (χ1v) is 13.2. The molecule has 0 saturated carbocycles. The van der Waals surface area contributed by atoms with E-state index in [0.717, 1.165) is 6.92 Å². The zero-order valence-corrected chi connectivity index (χ0v) is 20.6. The summed E-state index contributed by atoms with van der Waals surface area (Å²) >= 11 is 0. The van der Waals surface area contributed by atoms with Gasteiger partial charge in [-0.15, -0.1) is 0 Å². The van der Waals surface area contributed by atoms with Crippen molar-refractivity contribution >= 4 is 27.5 Å². The molecule has 0 spiro atoms. The summed E-state index contributed by atoms with van der Waals surface area (Å²) in [6.07, 6.45) is 0.813. The van der Waals surface area contributed by atoms with E-state index in [0.29, 0.717) is 50.3 Å². The Hall–Kier alpha value is -2.86. The molecule has 36 heavy (non-hydrogen) atoms. The highest BCUT2D eigenvalue weighted by Gasteiger charge is 2.38. The molecule has 2 aliphatic rings. The number of rotatable bonds is 7. The number of carbonyl (C=O) groups excluding carboxylic acids is 1. The van der Waals surface area contributed by atoms with Crippen molar-refractivity contribution in [2.24, 2.45) is 5.92 Å². The average molecular weight is 531 g/mol. The standard InChI is InChI=1S/C24H26F4N2O5S/c1-3-8-30-18-5-4-15(11-16(18)23(35-24(30)31)14-6-9-34-10-7-14)29-36(32,33)12-17-21(27)19(25)13(2)20(26)22(17)28/h4-5,11,14,23,29H,3,6-10,12H2,1-2H3. The molecule has 12 heteroatoms. The molecule has 7 nitrogen and oxygen atoms in total. The monoisotopic (exact) mass is 530 g/mol. The SMILES string of the molecule is CCCN1C(=O)OC(C2CCOCC2)c2cc(NS(=O)(=O)Cc3c(F)c(F)c(C)c(F)c3F)ccc21. The molecule has 0 radical (unpaired) electrons. The summed E-state index contributed by atoms with van der Waals surface area (Å²) in [6, 6.07) is 4.48. The number of ether oxygens (including phenoxy) is 2. The number of hydrogen-bond acceptors (Lipinski definition) is 5. The first kappa shape index (κ1) is 26.2. The van der Waals surface area contributed by atoms with Gasteiger partial charge < -0.3 is 9.47 Å². The van der Waals surface area contributed by atoms with Gasteiger partial charge >= 0.3 is 6.09 Å². The maximum Gasteiger partial charge on any atom is 0.414 e. The Bertz CT molecular complexity index is 1250. The van der Waals surface area contributed by atoms with Crippen LogP contribution in [-0.4, -0.2) is 34.3 Å². The second-order valence-corrected chi connectivity index (χ2v) is 10.6. The fraction of sp³-hybridized carbons (Fsp3) is 0.458. The summed E-state index contributed by atoms with van der Waals surface area (Å²) in [5.74, 6) is -8.18. The van der Waals surface area contributed by atoms with Crippen LogP contribution in [0.4, 0.5) is 33.7 Å². The lowest BCUT2D eigenvalue weighted by molar-refractivity contribution is -0.00433. The van der Waals surface area contributed by atoms with Gasteiger partial charge in [-0.2, -0.15) is 0 Å². The number of fused-ring (bicyclic) bond motifs is 1. The van der Waals surface area contributed by atoms with Crippen molar-refractivity contribution in [1.29, 1.82) is 0 Å². The van der Waals surface area contributed by atoms with Crippen LogP contribution in [0.2, 0.25) is 0 Å². The lowest BCUT2D eigenvalue weighted by atomic mass is 9.87. The highest BCUT2D eigenvalue weighted by molar-refractivity contribution is 7.91. The van der Waals surface area contributed by atoms with Gasteiger partial charge in [0.2, 0.25) is 10.0 Å². The van der Waals surface area contributed by atoms with Crippen molar-refractivity contribution < 1.29 is 40.2 Å². The highest BCUT2D eigenvalue weighted by atomic mass is 32.2. The Morgan fingerprint density at radius 2 is 1.69 bits per heavy atom. The zero-order chi connectivity index (χ0) is 26.2. The van der Waals surface area contributed by atoms with Crippen LogP contribution >= 0.6 is 0 Å². The number of sulfonamides is 1. The predicted molar refractivity (Wildman–Crippen MR) is 124 cm³/mol. The van der Waals surface area contributed by atoms with E-state index in [9.17, 15) is 30.8 Å². The molecule has 1 amide bonds. The Morgan fingerprint density at radius 1 is 1.06 bits per heavy atom. The molecule has 0 bridgehead atoms. The highest BCUT2D eigenvalue weighted by Crippen LogP contribution is 2.43. The van der Waals surface area contributed by atoms with Gasteiger partial charge in [0.15, 0.2) is 23.3 Å². The van der Waals surface area contributed by atoms with Gasteiger partial charge in [0.25, 0.3) is 0 Å². The van der Waals surface area contributed by atoms with E-state index in [1.807, 2.05) is 6.92 Å². The van der Waals surface area contributed by atoms with E-state index in [2.05, 4.69) is 4.72 Å². The Kier molecular flexibility index (Phi) is 7.46. The van der Waals surface area contributed by atoms with Crippen molar-refractivity contribution in [3.8, 4) is 0 Å². The minimum absolute atomic E-state index is 0.0428. The molecule has 4 rings (SSSR count). The molecule has 196 valence electrons. The molecule has 1 saturated heterocycles. The number of anilines is 2. The molecule has 1 atom stereocenters. The Labute approximate surface area is 206 Å². The van der Waals surface area contributed by atoms with Gasteiger partial charge in [-0.05, 0) is 44.4 Å². The molecule has 1 fully saturated rings. The quantitative estimate of drug-likeness (QED) is 0.387. The van der Waals surface area contributed by atoms with Gasteiger partial charge in [0, 0.05) is 48.1 Å². The van der Waals surface area contributed by atoms with Crippen molar-refractivity contribution in [2.45, 2.75) is 45.0 Å². The number of nitrogens with one attached hydrogen (secondary N) is 1. The fourth-order valence-corrected chi connectivity index (χ4v) is 5.74. The van der Waals surface area contributed by atoms with Crippen molar-refractivity contribution in [1.82, 2.24) is 0 Å². The molecular weight excluding hydrogens is 504 g/mol. The molecule has 2 aromatic carbocycles. The molecule has 2 aliphatic heterocycles. The van der Waals surface area contributed by atoms with Crippen molar-refractivity contribution in [3.63, 3.8) is 0 Å². The van der Waals surface area contributed by atoms with Crippen molar-refractivity contribution in [2.75, 3.05) is 29.4 Å². The van der Waals surface area contributed by atoms with E-state index in [1.165, 1.54) is 17.0 Å². The number of hydrogen-bond donors (Lipinski definition) is 1. The van der Waals surface area contributed by atoms with Crippen LogP contribution in [0.15, 0.2) is 18.2 Å². The maximum absolute atomic E-state index is 14.3. The van der Waals surface area contributed by atoms with E-state index in [1.54, 1.807) is 6.07 Å². The Balaban J connectivity index is 1.67. The third kappa shape index (κ3) is 5.01. The van der Waals surface area contributed by atoms with Crippen LogP contribution in [0, 0.1) is 36.1 Å². The third-order valence-corrected chi connectivity index (χ3v) is 7.61. The van der Waals surface area contributed by atoms with Gasteiger partial charge in [-0.3, -0.25) is 9.62 Å². The maximum atomic E-state index is 14.3. The van der Waals surface area contributed by atoms with Crippen molar-refractivity contribution in [3.05, 3.63) is 58.2 Å². The number of cyclic esters (lactones) is 1. The van der Waals surface area contributed by atoms with E-state index >= 15 is 0 Å². The number of carbonyl (C=O) groups is 1. The van der Waals surface area contributed by atoms with E-state index in [4.69, 9.17) is 9.47 Å². The van der Waals surface area contributed by atoms with Crippen LogP contribution in [0.3, 0.4) is 0 Å². The van der Waals surface area contributed by atoms with Gasteiger partial charge in [-0.25, -0.2) is 30.8 Å². The number of nitrogens with zero attached hydrogens (tertiary/aromatic N) is 1. The number of amides is 1. The average Bonchev–Trinajstić information content (AvgIpc) is 2.86. The first-order valence-electron chi connectivity index (χ1n) is 11.6. The topological polar surface area (TPSA) is 84.9 Å². The van der Waals surface area contributed by atoms with Gasteiger partial charge in [-0.1, -0.05) is 6.92 Å². The first-order chi connectivity index (χ1) is 17.0. The summed E-state index contributed by atoms with van der Waals surface area (Å²) in [7, 11) is -4.49. The summed E-state index contributed by atoms with van der Waals surface area (Å²) in [5, 5.41) is 0. The van der Waals surface area contributed by atoms with Crippen LogP contribution in [-0.2, 0) is 25.2 Å². The summed E-state index contributed by atoms with van der Waals surface area (Å²) in [5.41, 5.74) is -0.898. The molecular formula is C24H26F4N2O5S. The largest absolute Gasteiger partial charge is 0.441 e. The predicted octanol–water partition coefficient (Wildman–Crippen LogP) is 5.33. The molecule has 1 unspecified atom stereocenters. The molecule has 0 aromatic heterocycles. The summed E-state index contributed by atoms with van der Waals surface area (Å²) < 4.78 is 95.2. The molecule has 0 aliphatic carbocycles. The fourth-order valence-electron chi connectivity index (χ4n) is 4.55. The lowest BCUT2D eigenvalue weighted by Crippen LogP contribution is -2.40. The number of halogens is 4. The minimum Gasteiger partial charge on any atom is -0.441 e. The van der Waals surface area contributed by atoms with Crippen LogP contribution < -0.4 is 9.62 Å². The zero-order valence-electron chi connectivity index (χ0n) is 19.7. The molecule has 1 N–H and O–H groups in total. The van der Waals surface area contributed by atoms with Gasteiger partial charge in [0.1, 0.15) is 11.9 Å². The molecule has 2 aromatic rings. The van der Waals surface area contributed by atoms with Gasteiger partial charge in [0.05, 0.1) is 5.69 Å². The molecule has 2 heterocycles. The van der Waals surface area contributed by atoms with Crippen LogP contribution in [0.1, 0.15) is 49.0 Å². The minimum atomic E-state index is -4.49. The number of benzene rings is 2. The second-order valence-electron chi connectivity index (χ2n) is 8.90.